The molecule has 0 spiro atoms. The van der Waals surface area contributed by atoms with Crippen molar-refractivity contribution in [3.8, 4) is 0 Å². The van der Waals surface area contributed by atoms with E-state index in [1.54, 1.807) is 0 Å². The van der Waals surface area contributed by atoms with Crippen molar-refractivity contribution >= 4 is 5.91 Å². The van der Waals surface area contributed by atoms with Gasteiger partial charge in [0.15, 0.2) is 0 Å². The van der Waals surface area contributed by atoms with Crippen LogP contribution in [0.1, 0.15) is 38.7 Å². The quantitative estimate of drug-likeness (QED) is 0.777. The van der Waals surface area contributed by atoms with Gasteiger partial charge >= 0.3 is 0 Å². The van der Waals surface area contributed by atoms with Crippen LogP contribution in [0.5, 0.6) is 0 Å². The number of hydrogen-bond acceptors (Lipinski definition) is 2. The number of benzene rings is 1. The SMILES string of the molecule is CCC(Cc1ccccc1)NC(=O)CCC(C)N. The molecule has 1 amide bonds. The largest absolute Gasteiger partial charge is 0.353 e. The standard InChI is InChI=1S/C15H24N2O/c1-3-14(11-13-7-5-4-6-8-13)17-15(18)10-9-12(2)16/h4-8,12,14H,3,9-11,16H2,1-2H3,(H,17,18). The van der Waals surface area contributed by atoms with Gasteiger partial charge in [0.25, 0.3) is 0 Å². The fourth-order valence-corrected chi connectivity index (χ4v) is 1.85. The Kier molecular flexibility index (Phi) is 6.44. The molecule has 18 heavy (non-hydrogen) atoms. The van der Waals surface area contributed by atoms with Gasteiger partial charge in [-0.2, -0.15) is 0 Å². The summed E-state index contributed by atoms with van der Waals surface area (Å²) in [6.07, 6.45) is 3.09. The van der Waals surface area contributed by atoms with Gasteiger partial charge in [0.1, 0.15) is 0 Å². The molecule has 0 aliphatic heterocycles. The van der Waals surface area contributed by atoms with E-state index in [0.717, 1.165) is 19.3 Å². The summed E-state index contributed by atoms with van der Waals surface area (Å²) in [6.45, 7) is 4.02. The number of nitrogens with two attached hydrogens (primary N) is 1. The number of hydrogen-bond donors (Lipinski definition) is 2. The van der Waals surface area contributed by atoms with Crippen LogP contribution in [0.15, 0.2) is 30.3 Å². The van der Waals surface area contributed by atoms with Gasteiger partial charge in [-0.1, -0.05) is 37.3 Å². The molecule has 0 aromatic heterocycles. The van der Waals surface area contributed by atoms with Gasteiger partial charge in [0.05, 0.1) is 0 Å². The molecule has 0 heterocycles. The molecule has 3 N–H and O–H groups in total. The van der Waals surface area contributed by atoms with E-state index in [1.807, 2.05) is 25.1 Å². The lowest BCUT2D eigenvalue weighted by Crippen LogP contribution is -2.36. The van der Waals surface area contributed by atoms with E-state index in [4.69, 9.17) is 5.73 Å². The Morgan fingerprint density at radius 1 is 1.33 bits per heavy atom. The van der Waals surface area contributed by atoms with Crippen molar-refractivity contribution in [2.24, 2.45) is 5.73 Å². The smallest absolute Gasteiger partial charge is 0.220 e. The van der Waals surface area contributed by atoms with Crippen LogP contribution in [0.25, 0.3) is 0 Å². The van der Waals surface area contributed by atoms with Gasteiger partial charge < -0.3 is 11.1 Å². The summed E-state index contributed by atoms with van der Waals surface area (Å²) in [7, 11) is 0. The van der Waals surface area contributed by atoms with Crippen LogP contribution >= 0.6 is 0 Å². The van der Waals surface area contributed by atoms with Gasteiger partial charge in [-0.05, 0) is 31.7 Å². The van der Waals surface area contributed by atoms with E-state index in [9.17, 15) is 4.79 Å². The fourth-order valence-electron chi connectivity index (χ4n) is 1.85. The highest BCUT2D eigenvalue weighted by Crippen LogP contribution is 2.06. The zero-order valence-electron chi connectivity index (χ0n) is 11.4. The van der Waals surface area contributed by atoms with Crippen molar-refractivity contribution in [2.45, 2.75) is 51.6 Å². The van der Waals surface area contributed by atoms with E-state index in [2.05, 4.69) is 24.4 Å². The monoisotopic (exact) mass is 248 g/mol. The zero-order valence-corrected chi connectivity index (χ0v) is 11.4. The average Bonchev–Trinajstić information content (AvgIpc) is 2.37. The Balaban J connectivity index is 2.40. The molecule has 1 rings (SSSR count). The highest BCUT2D eigenvalue weighted by molar-refractivity contribution is 5.76. The molecular weight excluding hydrogens is 224 g/mol. The van der Waals surface area contributed by atoms with Crippen LogP contribution in [0.4, 0.5) is 0 Å². The maximum absolute atomic E-state index is 11.7. The molecule has 2 atom stereocenters. The second-order valence-corrected chi connectivity index (χ2v) is 4.88. The maximum atomic E-state index is 11.7. The van der Waals surface area contributed by atoms with Crippen LogP contribution in [0.3, 0.4) is 0 Å². The van der Waals surface area contributed by atoms with Crippen LogP contribution < -0.4 is 11.1 Å². The minimum atomic E-state index is 0.0879. The van der Waals surface area contributed by atoms with Crippen molar-refractivity contribution in [1.82, 2.24) is 5.32 Å². The fraction of sp³-hybridized carbons (Fsp3) is 0.533. The number of nitrogens with one attached hydrogen (secondary N) is 1. The third-order valence-corrected chi connectivity index (χ3v) is 3.01. The molecule has 0 bridgehead atoms. The first-order valence-electron chi connectivity index (χ1n) is 6.70. The van der Waals surface area contributed by atoms with E-state index in [1.165, 1.54) is 5.56 Å². The predicted molar refractivity (Wildman–Crippen MR) is 75.3 cm³/mol. The summed E-state index contributed by atoms with van der Waals surface area (Å²) >= 11 is 0. The number of carbonyl (C=O) groups is 1. The van der Waals surface area contributed by atoms with Crippen molar-refractivity contribution in [1.29, 1.82) is 0 Å². The molecule has 0 radical (unpaired) electrons. The van der Waals surface area contributed by atoms with Crippen LogP contribution in [-0.2, 0) is 11.2 Å². The zero-order chi connectivity index (χ0) is 13.4. The maximum Gasteiger partial charge on any atom is 0.220 e. The second-order valence-electron chi connectivity index (χ2n) is 4.88. The Hall–Kier alpha value is -1.35. The van der Waals surface area contributed by atoms with Crippen molar-refractivity contribution in [2.75, 3.05) is 0 Å². The van der Waals surface area contributed by atoms with E-state index in [-0.39, 0.29) is 18.0 Å². The minimum absolute atomic E-state index is 0.0879. The number of rotatable bonds is 7. The highest BCUT2D eigenvalue weighted by Gasteiger charge is 2.11. The minimum Gasteiger partial charge on any atom is -0.353 e. The lowest BCUT2D eigenvalue weighted by Gasteiger charge is -2.17. The Morgan fingerprint density at radius 2 is 2.00 bits per heavy atom. The molecule has 100 valence electrons. The molecule has 1 aromatic rings. The molecule has 1 aromatic carbocycles. The van der Waals surface area contributed by atoms with Gasteiger partial charge in [0, 0.05) is 18.5 Å². The Bertz CT molecular complexity index is 349. The van der Waals surface area contributed by atoms with E-state index in [0.29, 0.717) is 6.42 Å². The Morgan fingerprint density at radius 3 is 2.56 bits per heavy atom. The third kappa shape index (κ3) is 5.82. The van der Waals surface area contributed by atoms with E-state index >= 15 is 0 Å². The molecule has 0 saturated carbocycles. The summed E-state index contributed by atoms with van der Waals surface area (Å²) in [5.41, 5.74) is 6.91. The van der Waals surface area contributed by atoms with Gasteiger partial charge in [0.2, 0.25) is 5.91 Å². The van der Waals surface area contributed by atoms with Gasteiger partial charge in [-0.25, -0.2) is 0 Å². The van der Waals surface area contributed by atoms with Crippen molar-refractivity contribution < 1.29 is 4.79 Å². The molecule has 0 aliphatic carbocycles. The first-order valence-corrected chi connectivity index (χ1v) is 6.70. The molecule has 2 unspecified atom stereocenters. The molecular formula is C15H24N2O. The lowest BCUT2D eigenvalue weighted by molar-refractivity contribution is -0.122. The predicted octanol–water partition coefficient (Wildman–Crippen LogP) is 2.25. The first kappa shape index (κ1) is 14.7. The normalized spacial score (nSPS) is 13.9. The second kappa shape index (κ2) is 7.88. The summed E-state index contributed by atoms with van der Waals surface area (Å²) in [5, 5.41) is 3.08. The first-order chi connectivity index (χ1) is 8.61. The average molecular weight is 248 g/mol. The molecule has 0 saturated heterocycles. The summed E-state index contributed by atoms with van der Waals surface area (Å²) < 4.78 is 0. The topological polar surface area (TPSA) is 55.1 Å². The van der Waals surface area contributed by atoms with Crippen LogP contribution in [0, 0.1) is 0 Å². The van der Waals surface area contributed by atoms with Crippen LogP contribution in [0.2, 0.25) is 0 Å². The summed E-state index contributed by atoms with van der Waals surface area (Å²) in [5.74, 6) is 0.107. The lowest BCUT2D eigenvalue weighted by atomic mass is 10.0. The molecule has 3 nitrogen and oxygen atoms in total. The van der Waals surface area contributed by atoms with Crippen molar-refractivity contribution in [3.05, 3.63) is 35.9 Å². The van der Waals surface area contributed by atoms with Crippen LogP contribution in [-0.4, -0.2) is 18.0 Å². The summed E-state index contributed by atoms with van der Waals surface area (Å²) in [6, 6.07) is 10.6. The van der Waals surface area contributed by atoms with E-state index < -0.39 is 0 Å². The summed E-state index contributed by atoms with van der Waals surface area (Å²) in [4.78, 5) is 11.7. The van der Waals surface area contributed by atoms with Gasteiger partial charge in [-0.15, -0.1) is 0 Å². The van der Waals surface area contributed by atoms with Crippen molar-refractivity contribution in [3.63, 3.8) is 0 Å². The molecule has 3 heteroatoms. The third-order valence-electron chi connectivity index (χ3n) is 3.01. The number of carbonyl (C=O) groups excluding carboxylic acids is 1. The highest BCUT2D eigenvalue weighted by atomic mass is 16.1. The Labute approximate surface area is 110 Å². The molecule has 0 aliphatic rings. The molecule has 0 fully saturated rings. The number of amides is 1. The van der Waals surface area contributed by atoms with Gasteiger partial charge in [-0.3, -0.25) is 4.79 Å².